The Balaban J connectivity index is 1.65. The van der Waals surface area contributed by atoms with E-state index in [-0.39, 0.29) is 11.7 Å². The highest BCUT2D eigenvalue weighted by Crippen LogP contribution is 2.19. The molecule has 0 saturated heterocycles. The van der Waals surface area contributed by atoms with Gasteiger partial charge in [-0.1, -0.05) is 17.7 Å². The summed E-state index contributed by atoms with van der Waals surface area (Å²) < 4.78 is 11.0. The Morgan fingerprint density at radius 1 is 1.07 bits per heavy atom. The third kappa shape index (κ3) is 6.77. The smallest absolute Gasteiger partial charge is 0.220 e. The largest absolute Gasteiger partial charge is 0.496 e. The Morgan fingerprint density at radius 3 is 2.48 bits per heavy atom. The van der Waals surface area contributed by atoms with E-state index in [0.717, 1.165) is 17.7 Å². The van der Waals surface area contributed by atoms with Gasteiger partial charge in [-0.3, -0.25) is 9.59 Å². The molecule has 2 aromatic rings. The molecule has 2 rings (SSSR count). The molecule has 0 aliphatic rings. The van der Waals surface area contributed by atoms with Gasteiger partial charge in [0.1, 0.15) is 11.5 Å². The van der Waals surface area contributed by atoms with Crippen LogP contribution in [0.3, 0.4) is 0 Å². The molecule has 0 radical (unpaired) electrons. The van der Waals surface area contributed by atoms with Gasteiger partial charge < -0.3 is 14.8 Å². The van der Waals surface area contributed by atoms with Crippen LogP contribution in [-0.4, -0.2) is 32.0 Å². The molecular formula is C22H27NO4. The zero-order valence-electron chi connectivity index (χ0n) is 16.2. The van der Waals surface area contributed by atoms with Gasteiger partial charge >= 0.3 is 0 Å². The minimum absolute atomic E-state index is 0.0112. The molecule has 5 nitrogen and oxygen atoms in total. The first-order valence-electron chi connectivity index (χ1n) is 9.13. The standard InChI is InChI=1S/C22H27NO4/c1-16-6-11-21(26-3)19(15-16)12-13-23-22(25)5-4-14-27-20-9-7-18(8-10-20)17(2)24/h6-11,15H,4-5,12-14H2,1-3H3,(H,23,25). The van der Waals surface area contributed by atoms with Crippen LogP contribution in [0.25, 0.3) is 0 Å². The fourth-order valence-electron chi connectivity index (χ4n) is 2.74. The molecule has 0 saturated carbocycles. The third-order valence-corrected chi connectivity index (χ3v) is 4.23. The molecule has 27 heavy (non-hydrogen) atoms. The van der Waals surface area contributed by atoms with E-state index in [1.165, 1.54) is 12.5 Å². The number of aryl methyl sites for hydroxylation is 1. The van der Waals surface area contributed by atoms with Crippen LogP contribution >= 0.6 is 0 Å². The monoisotopic (exact) mass is 369 g/mol. The first-order valence-corrected chi connectivity index (χ1v) is 9.13. The molecule has 0 atom stereocenters. The van der Waals surface area contributed by atoms with Crippen molar-refractivity contribution in [2.24, 2.45) is 0 Å². The lowest BCUT2D eigenvalue weighted by Crippen LogP contribution is -2.26. The van der Waals surface area contributed by atoms with Crippen molar-refractivity contribution in [2.45, 2.75) is 33.1 Å². The quantitative estimate of drug-likeness (QED) is 0.512. The summed E-state index contributed by atoms with van der Waals surface area (Å²) in [6.07, 6.45) is 1.78. The number of benzene rings is 2. The van der Waals surface area contributed by atoms with E-state index in [9.17, 15) is 9.59 Å². The second-order valence-corrected chi connectivity index (χ2v) is 6.45. The second-order valence-electron chi connectivity index (χ2n) is 6.45. The van der Waals surface area contributed by atoms with Gasteiger partial charge in [0.2, 0.25) is 5.91 Å². The lowest BCUT2D eigenvalue weighted by molar-refractivity contribution is -0.121. The van der Waals surface area contributed by atoms with Crippen molar-refractivity contribution in [1.82, 2.24) is 5.32 Å². The SMILES string of the molecule is COc1ccc(C)cc1CCNC(=O)CCCOc1ccc(C(C)=O)cc1. The lowest BCUT2D eigenvalue weighted by atomic mass is 10.1. The molecule has 1 amide bonds. The topological polar surface area (TPSA) is 64.6 Å². The number of nitrogens with one attached hydrogen (secondary N) is 1. The Kier molecular flexibility index (Phi) is 7.86. The highest BCUT2D eigenvalue weighted by atomic mass is 16.5. The Hall–Kier alpha value is -2.82. The average molecular weight is 369 g/mol. The maximum absolute atomic E-state index is 12.0. The van der Waals surface area contributed by atoms with Crippen LogP contribution in [-0.2, 0) is 11.2 Å². The number of rotatable bonds is 10. The van der Waals surface area contributed by atoms with Gasteiger partial charge in [0.15, 0.2) is 5.78 Å². The molecule has 1 N–H and O–H groups in total. The van der Waals surface area contributed by atoms with Gasteiger partial charge in [-0.15, -0.1) is 0 Å². The van der Waals surface area contributed by atoms with Gasteiger partial charge in [0, 0.05) is 18.5 Å². The van der Waals surface area contributed by atoms with Gasteiger partial charge in [-0.25, -0.2) is 0 Å². The van der Waals surface area contributed by atoms with E-state index < -0.39 is 0 Å². The first-order chi connectivity index (χ1) is 13.0. The summed E-state index contributed by atoms with van der Waals surface area (Å²) in [5, 5.41) is 2.93. The minimum Gasteiger partial charge on any atom is -0.496 e. The Morgan fingerprint density at radius 2 is 1.81 bits per heavy atom. The van der Waals surface area contributed by atoms with Crippen molar-refractivity contribution in [3.63, 3.8) is 0 Å². The zero-order chi connectivity index (χ0) is 19.6. The normalized spacial score (nSPS) is 10.3. The lowest BCUT2D eigenvalue weighted by Gasteiger charge is -2.10. The maximum atomic E-state index is 12.0. The van der Waals surface area contributed by atoms with E-state index in [0.29, 0.717) is 37.3 Å². The van der Waals surface area contributed by atoms with Crippen LogP contribution in [0.1, 0.15) is 41.3 Å². The van der Waals surface area contributed by atoms with Gasteiger partial charge in [0.05, 0.1) is 13.7 Å². The molecule has 0 fully saturated rings. The number of carbonyl (C=O) groups is 2. The van der Waals surface area contributed by atoms with Crippen molar-refractivity contribution in [3.05, 3.63) is 59.2 Å². The summed E-state index contributed by atoms with van der Waals surface area (Å²) in [6, 6.07) is 13.1. The van der Waals surface area contributed by atoms with Gasteiger partial charge in [0.25, 0.3) is 0 Å². The molecule has 0 spiro atoms. The van der Waals surface area contributed by atoms with Gasteiger partial charge in [-0.2, -0.15) is 0 Å². The molecule has 0 heterocycles. The molecule has 5 heteroatoms. The predicted molar refractivity (Wildman–Crippen MR) is 106 cm³/mol. The number of amides is 1. The fraction of sp³-hybridized carbons (Fsp3) is 0.364. The highest BCUT2D eigenvalue weighted by Gasteiger charge is 2.06. The van der Waals surface area contributed by atoms with E-state index in [4.69, 9.17) is 9.47 Å². The summed E-state index contributed by atoms with van der Waals surface area (Å²) in [5.41, 5.74) is 2.92. The van der Waals surface area contributed by atoms with Crippen molar-refractivity contribution in [1.29, 1.82) is 0 Å². The number of carbonyl (C=O) groups excluding carboxylic acids is 2. The number of hydrogen-bond acceptors (Lipinski definition) is 4. The van der Waals surface area contributed by atoms with Crippen molar-refractivity contribution in [2.75, 3.05) is 20.3 Å². The first kappa shape index (κ1) is 20.5. The average Bonchev–Trinajstić information content (AvgIpc) is 2.66. The van der Waals surface area contributed by atoms with Crippen LogP contribution in [0.5, 0.6) is 11.5 Å². The molecule has 0 aliphatic carbocycles. The molecule has 0 bridgehead atoms. The minimum atomic E-state index is 0.0112. The Bertz CT molecular complexity index is 768. The van der Waals surface area contributed by atoms with Gasteiger partial charge in [-0.05, 0) is 62.6 Å². The highest BCUT2D eigenvalue weighted by molar-refractivity contribution is 5.94. The number of ether oxygens (including phenoxy) is 2. The van der Waals surface area contributed by atoms with Crippen LogP contribution in [0.2, 0.25) is 0 Å². The number of ketones is 1. The number of hydrogen-bond donors (Lipinski definition) is 1. The molecular weight excluding hydrogens is 342 g/mol. The number of Topliss-reactive ketones (excluding diaryl/α,β-unsaturated/α-hetero) is 1. The second kappa shape index (κ2) is 10.4. The van der Waals surface area contributed by atoms with Crippen LogP contribution < -0.4 is 14.8 Å². The zero-order valence-corrected chi connectivity index (χ0v) is 16.2. The van der Waals surface area contributed by atoms with E-state index in [1.807, 2.05) is 19.1 Å². The van der Waals surface area contributed by atoms with E-state index in [2.05, 4.69) is 11.4 Å². The molecule has 0 aliphatic heterocycles. The molecule has 0 unspecified atom stereocenters. The third-order valence-electron chi connectivity index (χ3n) is 4.23. The summed E-state index contributed by atoms with van der Waals surface area (Å²) in [6.45, 7) is 4.60. The molecule has 144 valence electrons. The maximum Gasteiger partial charge on any atom is 0.220 e. The number of methoxy groups -OCH3 is 1. The van der Waals surface area contributed by atoms with Crippen molar-refractivity contribution in [3.8, 4) is 11.5 Å². The van der Waals surface area contributed by atoms with Crippen LogP contribution in [0.15, 0.2) is 42.5 Å². The van der Waals surface area contributed by atoms with E-state index >= 15 is 0 Å². The molecule has 2 aromatic carbocycles. The van der Waals surface area contributed by atoms with E-state index in [1.54, 1.807) is 31.4 Å². The summed E-state index contributed by atoms with van der Waals surface area (Å²) >= 11 is 0. The summed E-state index contributed by atoms with van der Waals surface area (Å²) in [7, 11) is 1.65. The van der Waals surface area contributed by atoms with Crippen LogP contribution in [0, 0.1) is 6.92 Å². The van der Waals surface area contributed by atoms with Crippen LogP contribution in [0.4, 0.5) is 0 Å². The predicted octanol–water partition coefficient (Wildman–Crippen LogP) is 3.72. The van der Waals surface area contributed by atoms with Crippen molar-refractivity contribution >= 4 is 11.7 Å². The Labute approximate surface area is 160 Å². The van der Waals surface area contributed by atoms with Crippen molar-refractivity contribution < 1.29 is 19.1 Å². The summed E-state index contributed by atoms with van der Waals surface area (Å²) in [5.74, 6) is 1.59. The fourth-order valence-corrected chi connectivity index (χ4v) is 2.74. The molecule has 0 aromatic heterocycles. The summed E-state index contributed by atoms with van der Waals surface area (Å²) in [4.78, 5) is 23.2.